The highest BCUT2D eigenvalue weighted by molar-refractivity contribution is 9.10. The van der Waals surface area contributed by atoms with Crippen LogP contribution in [0.5, 0.6) is 0 Å². The minimum atomic E-state index is -0.207. The van der Waals surface area contributed by atoms with Crippen molar-refractivity contribution in [3.8, 4) is 0 Å². The maximum Gasteiger partial charge on any atom is 0.272 e. The molecular formula is C18H16BrN3O2. The molecule has 1 aromatic heterocycles. The summed E-state index contributed by atoms with van der Waals surface area (Å²) in [4.78, 5) is 26.8. The molecule has 6 heteroatoms. The summed E-state index contributed by atoms with van der Waals surface area (Å²) in [6.45, 7) is 0. The van der Waals surface area contributed by atoms with Crippen LogP contribution in [-0.2, 0) is 11.2 Å². The average molecular weight is 386 g/mol. The van der Waals surface area contributed by atoms with Crippen LogP contribution in [-0.4, -0.2) is 23.8 Å². The Bertz CT molecular complexity index is 900. The number of halogens is 1. The Morgan fingerprint density at radius 2 is 1.83 bits per heavy atom. The largest absolute Gasteiger partial charge is 0.359 e. The molecule has 0 saturated heterocycles. The van der Waals surface area contributed by atoms with E-state index in [-0.39, 0.29) is 11.8 Å². The molecular weight excluding hydrogens is 370 g/mol. The number of likely N-dealkylation sites (N-methyl/N-ethyl adjacent to an activating group) is 1. The van der Waals surface area contributed by atoms with Crippen LogP contribution in [0.25, 0.3) is 10.9 Å². The van der Waals surface area contributed by atoms with Gasteiger partial charge in [-0.2, -0.15) is 0 Å². The molecule has 0 fully saturated rings. The van der Waals surface area contributed by atoms with E-state index < -0.39 is 0 Å². The zero-order valence-corrected chi connectivity index (χ0v) is 14.6. The van der Waals surface area contributed by atoms with E-state index in [1.165, 1.54) is 0 Å². The van der Waals surface area contributed by atoms with E-state index in [9.17, 15) is 9.59 Å². The summed E-state index contributed by atoms with van der Waals surface area (Å²) in [5, 5.41) is 6.40. The quantitative estimate of drug-likeness (QED) is 0.643. The summed E-state index contributed by atoms with van der Waals surface area (Å²) >= 11 is 3.41. The molecule has 3 aromatic rings. The predicted octanol–water partition coefficient (Wildman–Crippen LogP) is 3.47. The number of anilines is 1. The van der Waals surface area contributed by atoms with E-state index in [4.69, 9.17) is 0 Å². The molecule has 0 bridgehead atoms. The lowest BCUT2D eigenvalue weighted by Gasteiger charge is -2.05. The van der Waals surface area contributed by atoms with Gasteiger partial charge in [0.2, 0.25) is 5.91 Å². The van der Waals surface area contributed by atoms with Gasteiger partial charge in [0.15, 0.2) is 0 Å². The Morgan fingerprint density at radius 3 is 2.54 bits per heavy atom. The molecule has 0 aliphatic carbocycles. The Morgan fingerprint density at radius 1 is 1.08 bits per heavy atom. The monoisotopic (exact) mass is 385 g/mol. The van der Waals surface area contributed by atoms with E-state index >= 15 is 0 Å². The van der Waals surface area contributed by atoms with Crippen molar-refractivity contribution in [2.45, 2.75) is 6.42 Å². The molecule has 0 radical (unpaired) electrons. The molecule has 3 rings (SSSR count). The summed E-state index contributed by atoms with van der Waals surface area (Å²) in [7, 11) is 1.61. The molecule has 0 atom stereocenters. The second-order valence-corrected chi connectivity index (χ2v) is 6.33. The van der Waals surface area contributed by atoms with Crippen molar-refractivity contribution in [1.29, 1.82) is 0 Å². The van der Waals surface area contributed by atoms with E-state index in [2.05, 4.69) is 31.5 Å². The zero-order chi connectivity index (χ0) is 17.1. The first-order valence-electron chi connectivity index (χ1n) is 7.44. The third-order valence-corrected chi connectivity index (χ3v) is 4.18. The lowest BCUT2D eigenvalue weighted by Crippen LogP contribution is -2.19. The Labute approximate surface area is 147 Å². The third-order valence-electron chi connectivity index (χ3n) is 3.68. The van der Waals surface area contributed by atoms with E-state index in [0.717, 1.165) is 20.9 Å². The van der Waals surface area contributed by atoms with Crippen molar-refractivity contribution >= 4 is 44.3 Å². The number of H-pyrrole nitrogens is 1. The first kappa shape index (κ1) is 16.3. The van der Waals surface area contributed by atoms with Crippen LogP contribution in [0, 0.1) is 0 Å². The molecule has 3 N–H and O–H groups in total. The second-order valence-electron chi connectivity index (χ2n) is 5.42. The second kappa shape index (κ2) is 6.88. The summed E-state index contributed by atoms with van der Waals surface area (Å²) in [6, 6.07) is 14.9. The molecule has 0 aliphatic rings. The van der Waals surface area contributed by atoms with E-state index in [0.29, 0.717) is 17.8 Å². The van der Waals surface area contributed by atoms with Crippen molar-refractivity contribution in [2.75, 3.05) is 12.4 Å². The van der Waals surface area contributed by atoms with Crippen LogP contribution in [0.1, 0.15) is 16.1 Å². The molecule has 0 aliphatic heterocycles. The van der Waals surface area contributed by atoms with Crippen molar-refractivity contribution in [3.05, 3.63) is 64.3 Å². The lowest BCUT2D eigenvalue weighted by molar-refractivity contribution is -0.119. The number of amides is 2. The van der Waals surface area contributed by atoms with Crippen molar-refractivity contribution < 1.29 is 9.59 Å². The Kier molecular flexibility index (Phi) is 4.66. The highest BCUT2D eigenvalue weighted by Crippen LogP contribution is 2.21. The number of carbonyl (C=O) groups excluding carboxylic acids is 2. The minimum absolute atomic E-state index is 0.0454. The number of aromatic nitrogens is 1. The average Bonchev–Trinajstić information content (AvgIpc) is 2.99. The van der Waals surface area contributed by atoms with Crippen LogP contribution in [0.2, 0.25) is 0 Å². The maximum atomic E-state index is 12.4. The lowest BCUT2D eigenvalue weighted by atomic mass is 10.1. The van der Waals surface area contributed by atoms with Gasteiger partial charge in [0, 0.05) is 28.1 Å². The predicted molar refractivity (Wildman–Crippen MR) is 98.2 cm³/mol. The molecule has 122 valence electrons. The number of aromatic amines is 1. The maximum absolute atomic E-state index is 12.4. The van der Waals surface area contributed by atoms with E-state index in [1.54, 1.807) is 19.2 Å². The topological polar surface area (TPSA) is 74.0 Å². The molecule has 1 heterocycles. The Hall–Kier alpha value is -2.60. The molecule has 2 aromatic carbocycles. The summed E-state index contributed by atoms with van der Waals surface area (Å²) in [5.74, 6) is -0.252. The molecule has 0 saturated carbocycles. The van der Waals surface area contributed by atoms with Crippen LogP contribution in [0.3, 0.4) is 0 Å². The molecule has 2 amide bonds. The van der Waals surface area contributed by atoms with Crippen LogP contribution in [0.4, 0.5) is 5.69 Å². The number of hydrogen-bond acceptors (Lipinski definition) is 2. The number of hydrogen-bond donors (Lipinski definition) is 3. The van der Waals surface area contributed by atoms with Gasteiger partial charge in [-0.15, -0.1) is 0 Å². The minimum Gasteiger partial charge on any atom is -0.359 e. The molecule has 5 nitrogen and oxygen atoms in total. The standard InChI is InChI=1S/C18H16BrN3O2/c1-20-17(23)8-11-2-6-14(7-3-11)21-18(24)16-9-12-4-5-13(19)10-15(12)22-16/h2-7,9-10,22H,8H2,1H3,(H,20,23)(H,21,24). The number of carbonyl (C=O) groups is 2. The highest BCUT2D eigenvalue weighted by atomic mass is 79.9. The smallest absolute Gasteiger partial charge is 0.272 e. The first-order valence-corrected chi connectivity index (χ1v) is 8.23. The molecule has 0 unspecified atom stereocenters. The van der Waals surface area contributed by atoms with Crippen molar-refractivity contribution in [3.63, 3.8) is 0 Å². The fraction of sp³-hybridized carbons (Fsp3) is 0.111. The summed E-state index contributed by atoms with van der Waals surface area (Å²) < 4.78 is 0.954. The van der Waals surface area contributed by atoms with Gasteiger partial charge in [0.1, 0.15) is 5.69 Å². The summed E-state index contributed by atoms with van der Waals surface area (Å²) in [5.41, 5.74) is 2.97. The number of fused-ring (bicyclic) bond motifs is 1. The van der Waals surface area contributed by atoms with Gasteiger partial charge in [-0.25, -0.2) is 0 Å². The molecule has 0 spiro atoms. The van der Waals surface area contributed by atoms with Gasteiger partial charge in [0.25, 0.3) is 5.91 Å². The summed E-state index contributed by atoms with van der Waals surface area (Å²) in [6.07, 6.45) is 0.321. The molecule has 24 heavy (non-hydrogen) atoms. The number of nitrogens with one attached hydrogen (secondary N) is 3. The SMILES string of the molecule is CNC(=O)Cc1ccc(NC(=O)c2cc3ccc(Br)cc3[nH]2)cc1. The van der Waals surface area contributed by atoms with E-state index in [1.807, 2.05) is 36.4 Å². The van der Waals surface area contributed by atoms with Gasteiger partial charge in [-0.3, -0.25) is 9.59 Å². The highest BCUT2D eigenvalue weighted by Gasteiger charge is 2.10. The van der Waals surface area contributed by atoms with Gasteiger partial charge in [0.05, 0.1) is 6.42 Å². The fourth-order valence-corrected chi connectivity index (χ4v) is 2.76. The normalized spacial score (nSPS) is 10.6. The van der Waals surface area contributed by atoms with Gasteiger partial charge >= 0.3 is 0 Å². The van der Waals surface area contributed by atoms with Crippen LogP contribution >= 0.6 is 15.9 Å². The van der Waals surface area contributed by atoms with Gasteiger partial charge < -0.3 is 15.6 Å². The third kappa shape index (κ3) is 3.65. The van der Waals surface area contributed by atoms with Crippen molar-refractivity contribution in [2.24, 2.45) is 0 Å². The Balaban J connectivity index is 1.72. The van der Waals surface area contributed by atoms with Gasteiger partial charge in [-0.1, -0.05) is 34.1 Å². The van der Waals surface area contributed by atoms with Crippen LogP contribution < -0.4 is 10.6 Å². The number of rotatable bonds is 4. The zero-order valence-electron chi connectivity index (χ0n) is 13.0. The first-order chi connectivity index (χ1) is 11.5. The van der Waals surface area contributed by atoms with Gasteiger partial charge in [-0.05, 0) is 35.9 Å². The fourth-order valence-electron chi connectivity index (χ4n) is 2.40. The van der Waals surface area contributed by atoms with Crippen molar-refractivity contribution in [1.82, 2.24) is 10.3 Å². The number of benzene rings is 2. The van der Waals surface area contributed by atoms with Crippen LogP contribution in [0.15, 0.2) is 53.0 Å².